The normalized spacial score (nSPS) is 11.9. The van der Waals surface area contributed by atoms with E-state index in [2.05, 4.69) is 5.32 Å². The van der Waals surface area contributed by atoms with Crippen LogP contribution in [-0.2, 0) is 0 Å². The quantitative estimate of drug-likeness (QED) is 0.907. The van der Waals surface area contributed by atoms with E-state index in [9.17, 15) is 14.3 Å². The fourth-order valence-electron chi connectivity index (χ4n) is 1.83. The number of phenolic OH excluding ortho intramolecular Hbond substituents is 1. The van der Waals surface area contributed by atoms with Gasteiger partial charge in [0.25, 0.3) is 5.91 Å². The van der Waals surface area contributed by atoms with E-state index >= 15 is 0 Å². The van der Waals surface area contributed by atoms with Crippen molar-refractivity contribution in [2.45, 2.75) is 13.0 Å². The second-order valence-electron chi connectivity index (χ2n) is 4.38. The van der Waals surface area contributed by atoms with Crippen LogP contribution in [0.15, 0.2) is 42.5 Å². The molecule has 0 saturated carbocycles. The monoisotopic (exact) mass is 293 g/mol. The van der Waals surface area contributed by atoms with Crippen molar-refractivity contribution in [1.29, 1.82) is 0 Å². The third-order valence-electron chi connectivity index (χ3n) is 2.93. The van der Waals surface area contributed by atoms with Crippen molar-refractivity contribution in [2.24, 2.45) is 0 Å². The van der Waals surface area contributed by atoms with Gasteiger partial charge in [-0.05, 0) is 31.2 Å². The average molecular weight is 294 g/mol. The third kappa shape index (κ3) is 3.08. The number of halogens is 2. The average Bonchev–Trinajstić information content (AvgIpc) is 2.42. The molecule has 0 heterocycles. The number of hydrogen-bond acceptors (Lipinski definition) is 2. The van der Waals surface area contributed by atoms with Crippen LogP contribution in [0.4, 0.5) is 4.39 Å². The molecule has 2 N–H and O–H groups in total. The first-order chi connectivity index (χ1) is 9.49. The number of carbonyl (C=O) groups is 1. The minimum Gasteiger partial charge on any atom is -0.506 e. The van der Waals surface area contributed by atoms with E-state index in [0.29, 0.717) is 11.1 Å². The number of nitrogens with one attached hydrogen (secondary N) is 1. The Hall–Kier alpha value is -2.07. The van der Waals surface area contributed by atoms with Crippen molar-refractivity contribution in [2.75, 3.05) is 0 Å². The summed E-state index contributed by atoms with van der Waals surface area (Å²) in [4.78, 5) is 12.0. The number of hydrogen-bond donors (Lipinski definition) is 2. The number of aromatic hydroxyl groups is 1. The second kappa shape index (κ2) is 5.92. The van der Waals surface area contributed by atoms with Gasteiger partial charge in [-0.15, -0.1) is 0 Å². The van der Waals surface area contributed by atoms with Crippen LogP contribution in [-0.4, -0.2) is 11.0 Å². The van der Waals surface area contributed by atoms with Gasteiger partial charge in [0.15, 0.2) is 0 Å². The van der Waals surface area contributed by atoms with Gasteiger partial charge in [-0.1, -0.05) is 29.8 Å². The van der Waals surface area contributed by atoms with Gasteiger partial charge < -0.3 is 10.4 Å². The summed E-state index contributed by atoms with van der Waals surface area (Å²) in [6.07, 6.45) is 0. The van der Waals surface area contributed by atoms with Crippen molar-refractivity contribution in [1.82, 2.24) is 5.32 Å². The van der Waals surface area contributed by atoms with Crippen LogP contribution in [0.1, 0.15) is 28.9 Å². The highest BCUT2D eigenvalue weighted by molar-refractivity contribution is 6.32. The van der Waals surface area contributed by atoms with Crippen LogP contribution in [0.3, 0.4) is 0 Å². The van der Waals surface area contributed by atoms with E-state index in [1.54, 1.807) is 25.1 Å². The molecule has 1 amide bonds. The molecule has 104 valence electrons. The highest BCUT2D eigenvalue weighted by atomic mass is 35.5. The lowest BCUT2D eigenvalue weighted by Crippen LogP contribution is -2.27. The Morgan fingerprint density at radius 1 is 1.30 bits per heavy atom. The SMILES string of the molecule is C[C@@H](NC(=O)c1ccc(O)c(Cl)c1)c1ccccc1F. The molecule has 0 aliphatic heterocycles. The predicted octanol–water partition coefficient (Wildman–Crippen LogP) is 3.68. The molecular formula is C15H13ClFNO2. The predicted molar refractivity (Wildman–Crippen MR) is 75.4 cm³/mol. The highest BCUT2D eigenvalue weighted by Crippen LogP contribution is 2.24. The van der Waals surface area contributed by atoms with Crippen LogP contribution in [0.5, 0.6) is 5.75 Å². The van der Waals surface area contributed by atoms with Gasteiger partial charge in [0, 0.05) is 11.1 Å². The van der Waals surface area contributed by atoms with E-state index in [4.69, 9.17) is 11.6 Å². The lowest BCUT2D eigenvalue weighted by Gasteiger charge is -2.15. The maximum absolute atomic E-state index is 13.6. The van der Waals surface area contributed by atoms with Crippen molar-refractivity contribution in [3.63, 3.8) is 0 Å². The number of phenols is 1. The van der Waals surface area contributed by atoms with Gasteiger partial charge in [-0.2, -0.15) is 0 Å². The topological polar surface area (TPSA) is 49.3 Å². The lowest BCUT2D eigenvalue weighted by molar-refractivity contribution is 0.0939. The molecule has 0 aromatic heterocycles. The molecule has 0 saturated heterocycles. The summed E-state index contributed by atoms with van der Waals surface area (Å²) in [6.45, 7) is 1.69. The fraction of sp³-hybridized carbons (Fsp3) is 0.133. The zero-order valence-electron chi connectivity index (χ0n) is 10.7. The highest BCUT2D eigenvalue weighted by Gasteiger charge is 2.15. The largest absolute Gasteiger partial charge is 0.506 e. The van der Waals surface area contributed by atoms with E-state index < -0.39 is 6.04 Å². The van der Waals surface area contributed by atoms with Crippen molar-refractivity contribution >= 4 is 17.5 Å². The van der Waals surface area contributed by atoms with E-state index in [1.165, 1.54) is 24.3 Å². The molecule has 0 aliphatic carbocycles. The van der Waals surface area contributed by atoms with Gasteiger partial charge in [-0.25, -0.2) is 4.39 Å². The lowest BCUT2D eigenvalue weighted by atomic mass is 10.1. The van der Waals surface area contributed by atoms with Crippen molar-refractivity contribution in [3.05, 3.63) is 64.4 Å². The molecule has 2 aromatic carbocycles. The Kier molecular flexibility index (Phi) is 4.25. The summed E-state index contributed by atoms with van der Waals surface area (Å²) < 4.78 is 13.6. The second-order valence-corrected chi connectivity index (χ2v) is 4.79. The zero-order chi connectivity index (χ0) is 14.7. The first-order valence-electron chi connectivity index (χ1n) is 6.03. The molecule has 0 aliphatic rings. The standard InChI is InChI=1S/C15H13ClFNO2/c1-9(11-4-2-3-5-13(11)17)18-15(20)10-6-7-14(19)12(16)8-10/h2-9,19H,1H3,(H,18,20)/t9-/m1/s1. The number of amides is 1. The maximum Gasteiger partial charge on any atom is 0.251 e. The van der Waals surface area contributed by atoms with Crippen molar-refractivity contribution < 1.29 is 14.3 Å². The molecule has 20 heavy (non-hydrogen) atoms. The number of benzene rings is 2. The molecular weight excluding hydrogens is 281 g/mol. The van der Waals surface area contributed by atoms with Crippen molar-refractivity contribution in [3.8, 4) is 5.75 Å². The molecule has 0 spiro atoms. The van der Waals surface area contributed by atoms with Gasteiger partial charge in [0.2, 0.25) is 0 Å². The van der Waals surface area contributed by atoms with Gasteiger partial charge in [-0.3, -0.25) is 4.79 Å². The molecule has 0 bridgehead atoms. The van der Waals surface area contributed by atoms with Crippen LogP contribution >= 0.6 is 11.6 Å². The molecule has 2 aromatic rings. The minimum atomic E-state index is -0.476. The smallest absolute Gasteiger partial charge is 0.251 e. The summed E-state index contributed by atoms with van der Waals surface area (Å²) in [5.41, 5.74) is 0.710. The summed E-state index contributed by atoms with van der Waals surface area (Å²) in [6, 6.07) is 9.93. The summed E-state index contributed by atoms with van der Waals surface area (Å²) in [7, 11) is 0. The summed E-state index contributed by atoms with van der Waals surface area (Å²) >= 11 is 5.75. The van der Waals surface area contributed by atoms with Gasteiger partial charge in [0.1, 0.15) is 11.6 Å². The Morgan fingerprint density at radius 2 is 2.00 bits per heavy atom. The van der Waals surface area contributed by atoms with Crippen LogP contribution in [0, 0.1) is 5.82 Å². The molecule has 0 radical (unpaired) electrons. The molecule has 1 atom stereocenters. The summed E-state index contributed by atoms with van der Waals surface area (Å²) in [5, 5.41) is 12.1. The zero-order valence-corrected chi connectivity index (χ0v) is 11.5. The van der Waals surface area contributed by atoms with E-state index in [1.807, 2.05) is 0 Å². The van der Waals surface area contributed by atoms with Crippen LogP contribution in [0.2, 0.25) is 5.02 Å². The maximum atomic E-state index is 13.6. The van der Waals surface area contributed by atoms with Crippen LogP contribution < -0.4 is 5.32 Å². The Morgan fingerprint density at radius 3 is 2.65 bits per heavy atom. The summed E-state index contributed by atoms with van der Waals surface area (Å²) in [5.74, 6) is -0.850. The number of rotatable bonds is 3. The molecule has 3 nitrogen and oxygen atoms in total. The molecule has 2 rings (SSSR count). The fourth-order valence-corrected chi connectivity index (χ4v) is 2.01. The van der Waals surface area contributed by atoms with Gasteiger partial charge >= 0.3 is 0 Å². The van der Waals surface area contributed by atoms with E-state index in [-0.39, 0.29) is 22.5 Å². The molecule has 0 fully saturated rings. The molecule has 0 unspecified atom stereocenters. The first kappa shape index (κ1) is 14.3. The number of carbonyl (C=O) groups excluding carboxylic acids is 1. The Bertz CT molecular complexity index is 646. The van der Waals surface area contributed by atoms with E-state index in [0.717, 1.165) is 0 Å². The van der Waals surface area contributed by atoms with Crippen LogP contribution in [0.25, 0.3) is 0 Å². The molecule has 5 heteroatoms. The Labute approximate surface area is 121 Å². The first-order valence-corrected chi connectivity index (χ1v) is 6.40. The van der Waals surface area contributed by atoms with Gasteiger partial charge in [0.05, 0.1) is 11.1 Å². The third-order valence-corrected chi connectivity index (χ3v) is 3.23. The minimum absolute atomic E-state index is 0.0923. The Balaban J connectivity index is 2.15.